The number of hydrogen-bond donors (Lipinski definition) is 2. The number of anilines is 2. The lowest BCUT2D eigenvalue weighted by atomic mass is 10.2. The van der Waals surface area contributed by atoms with Gasteiger partial charge in [0.15, 0.2) is 6.61 Å². The number of urea groups is 1. The molecule has 0 radical (unpaired) electrons. The predicted octanol–water partition coefficient (Wildman–Crippen LogP) is 4.02. The van der Waals surface area contributed by atoms with E-state index < -0.39 is 16.9 Å². The summed E-state index contributed by atoms with van der Waals surface area (Å²) in [6, 6.07) is 19.8. The van der Waals surface area contributed by atoms with E-state index in [2.05, 4.69) is 10.9 Å². The second-order valence-corrected chi connectivity index (χ2v) is 7.47. The lowest BCUT2D eigenvalue weighted by Gasteiger charge is -2.30. The lowest BCUT2D eigenvalue weighted by Crippen LogP contribution is -2.49. The van der Waals surface area contributed by atoms with Crippen LogP contribution in [-0.4, -0.2) is 23.5 Å². The van der Waals surface area contributed by atoms with Crippen molar-refractivity contribution in [2.45, 2.75) is 9.79 Å². The molecule has 3 amide bonds. The maximum Gasteiger partial charge on any atom is 0.345 e. The second kappa shape index (κ2) is 8.76. The highest BCUT2D eigenvalue weighted by molar-refractivity contribution is 7.99. The minimum atomic E-state index is -0.584. The zero-order valence-electron chi connectivity index (χ0n) is 16.0. The number of ether oxygens (including phenoxy) is 1. The van der Waals surface area contributed by atoms with Crippen LogP contribution in [0.15, 0.2) is 82.6 Å². The first-order valence-electron chi connectivity index (χ1n) is 9.15. The van der Waals surface area contributed by atoms with E-state index in [4.69, 9.17) is 4.74 Å². The first kappa shape index (κ1) is 20.2. The summed E-state index contributed by atoms with van der Waals surface area (Å²) in [5.74, 6) is -0.289. The molecule has 3 aromatic rings. The number of nitrogens with zero attached hydrogens (tertiary/aromatic N) is 2. The average Bonchev–Trinajstić information content (AvgIpc) is 2.79. The molecule has 31 heavy (non-hydrogen) atoms. The molecular formula is C21H16N4O5S. The first-order chi connectivity index (χ1) is 15.0. The van der Waals surface area contributed by atoms with Gasteiger partial charge in [-0.2, -0.15) is 0 Å². The van der Waals surface area contributed by atoms with Crippen molar-refractivity contribution in [1.29, 1.82) is 0 Å². The smallest absolute Gasteiger partial charge is 0.345 e. The third-order valence-corrected chi connectivity index (χ3v) is 5.49. The molecule has 0 saturated carbocycles. The zero-order valence-corrected chi connectivity index (χ0v) is 16.8. The van der Waals surface area contributed by atoms with Crippen molar-refractivity contribution in [3.05, 3.63) is 82.9 Å². The molecule has 1 heterocycles. The van der Waals surface area contributed by atoms with E-state index in [0.29, 0.717) is 17.1 Å². The number of nitrogens with one attached hydrogen (secondary N) is 2. The van der Waals surface area contributed by atoms with Crippen LogP contribution in [0.2, 0.25) is 0 Å². The van der Waals surface area contributed by atoms with Gasteiger partial charge in [0, 0.05) is 21.9 Å². The van der Waals surface area contributed by atoms with E-state index in [0.717, 1.165) is 9.79 Å². The molecule has 156 valence electrons. The van der Waals surface area contributed by atoms with Crippen molar-refractivity contribution in [1.82, 2.24) is 10.9 Å². The molecule has 1 aliphatic heterocycles. The number of fused-ring (bicyclic) bond motifs is 2. The van der Waals surface area contributed by atoms with Crippen LogP contribution in [0.3, 0.4) is 0 Å². The largest absolute Gasteiger partial charge is 0.484 e. The van der Waals surface area contributed by atoms with Crippen LogP contribution in [0.25, 0.3) is 0 Å². The second-order valence-electron chi connectivity index (χ2n) is 6.39. The van der Waals surface area contributed by atoms with Gasteiger partial charge in [0.2, 0.25) is 0 Å². The van der Waals surface area contributed by atoms with Gasteiger partial charge in [0.05, 0.1) is 16.3 Å². The molecule has 3 aromatic carbocycles. The molecule has 2 N–H and O–H groups in total. The minimum Gasteiger partial charge on any atom is -0.484 e. The van der Waals surface area contributed by atoms with Crippen molar-refractivity contribution in [3.8, 4) is 5.75 Å². The van der Waals surface area contributed by atoms with Crippen LogP contribution >= 0.6 is 11.8 Å². The van der Waals surface area contributed by atoms with Gasteiger partial charge in [-0.1, -0.05) is 36.0 Å². The number of non-ortho nitro benzene ring substituents is 1. The van der Waals surface area contributed by atoms with Gasteiger partial charge in [0.1, 0.15) is 5.75 Å². The Hall–Kier alpha value is -4.05. The molecule has 0 bridgehead atoms. The third-order valence-electron chi connectivity index (χ3n) is 4.36. The zero-order chi connectivity index (χ0) is 21.8. The number of nitro groups is 1. The maximum atomic E-state index is 12.9. The molecular weight excluding hydrogens is 420 g/mol. The van der Waals surface area contributed by atoms with Crippen LogP contribution in [0, 0.1) is 10.1 Å². The van der Waals surface area contributed by atoms with E-state index in [1.807, 2.05) is 48.5 Å². The minimum absolute atomic E-state index is 0.0793. The van der Waals surface area contributed by atoms with Crippen molar-refractivity contribution in [3.63, 3.8) is 0 Å². The summed E-state index contributed by atoms with van der Waals surface area (Å²) in [5.41, 5.74) is 6.06. The van der Waals surface area contributed by atoms with E-state index in [1.165, 1.54) is 29.2 Å². The van der Waals surface area contributed by atoms with E-state index in [1.54, 1.807) is 11.8 Å². The SMILES string of the molecule is O=C(COc1ccc([N+](=O)[O-])cc1)NNC(=O)N1c2ccccc2Sc2ccccc21. The van der Waals surface area contributed by atoms with Crippen molar-refractivity contribution >= 4 is 40.8 Å². The summed E-state index contributed by atoms with van der Waals surface area (Å²) in [7, 11) is 0. The van der Waals surface area contributed by atoms with Gasteiger partial charge in [-0.05, 0) is 36.4 Å². The van der Waals surface area contributed by atoms with Crippen molar-refractivity contribution in [2.75, 3.05) is 11.5 Å². The number of carbonyl (C=O) groups is 2. The monoisotopic (exact) mass is 436 g/mol. The quantitative estimate of drug-likeness (QED) is 0.472. The topological polar surface area (TPSA) is 114 Å². The molecule has 0 aromatic heterocycles. The highest BCUT2D eigenvalue weighted by Crippen LogP contribution is 2.47. The van der Waals surface area contributed by atoms with Crippen LogP contribution < -0.4 is 20.5 Å². The van der Waals surface area contributed by atoms with E-state index in [9.17, 15) is 19.7 Å². The number of nitro benzene ring substituents is 1. The summed E-state index contributed by atoms with van der Waals surface area (Å²) in [6.07, 6.45) is 0. The molecule has 0 aliphatic carbocycles. The van der Waals surface area contributed by atoms with Crippen LogP contribution in [0.4, 0.5) is 21.9 Å². The molecule has 4 rings (SSSR count). The standard InChI is InChI=1S/C21H16N4O5S/c26-20(13-30-15-11-9-14(10-12-15)25(28)29)22-23-21(27)24-16-5-1-3-7-18(16)31-19-8-4-2-6-17(19)24/h1-12H,13H2,(H,22,26)(H,23,27). The molecule has 0 atom stereocenters. The van der Waals surface area contributed by atoms with Gasteiger partial charge < -0.3 is 4.74 Å². The summed E-state index contributed by atoms with van der Waals surface area (Å²) < 4.78 is 5.29. The lowest BCUT2D eigenvalue weighted by molar-refractivity contribution is -0.384. The fourth-order valence-corrected chi connectivity index (χ4v) is 4.01. The number of hydrogen-bond acceptors (Lipinski definition) is 6. The molecule has 10 heteroatoms. The Balaban J connectivity index is 1.39. The number of carbonyl (C=O) groups excluding carboxylic acids is 2. The number of amides is 3. The molecule has 0 saturated heterocycles. The van der Waals surface area contributed by atoms with Gasteiger partial charge in [-0.15, -0.1) is 0 Å². The fraction of sp³-hybridized carbons (Fsp3) is 0.0476. The Morgan fingerprint density at radius 1 is 0.903 bits per heavy atom. The maximum absolute atomic E-state index is 12.9. The summed E-state index contributed by atoms with van der Waals surface area (Å²) in [4.78, 5) is 38.5. The van der Waals surface area contributed by atoms with Crippen LogP contribution in [0.1, 0.15) is 0 Å². The molecule has 0 unspecified atom stereocenters. The van der Waals surface area contributed by atoms with Crippen molar-refractivity contribution < 1.29 is 19.2 Å². The van der Waals surface area contributed by atoms with Crippen molar-refractivity contribution in [2.24, 2.45) is 0 Å². The van der Waals surface area contributed by atoms with E-state index in [-0.39, 0.29) is 12.3 Å². The normalized spacial score (nSPS) is 11.7. The van der Waals surface area contributed by atoms with Gasteiger partial charge in [-0.3, -0.25) is 25.2 Å². The number of benzene rings is 3. The van der Waals surface area contributed by atoms with Gasteiger partial charge in [0.25, 0.3) is 11.6 Å². The predicted molar refractivity (Wildman–Crippen MR) is 114 cm³/mol. The van der Waals surface area contributed by atoms with E-state index >= 15 is 0 Å². The fourth-order valence-electron chi connectivity index (χ4n) is 2.95. The Labute approximate surface area is 181 Å². The summed E-state index contributed by atoms with van der Waals surface area (Å²) in [5, 5.41) is 10.7. The highest BCUT2D eigenvalue weighted by Gasteiger charge is 2.28. The molecule has 9 nitrogen and oxygen atoms in total. The molecule has 1 aliphatic rings. The first-order valence-corrected chi connectivity index (χ1v) is 9.96. The van der Waals surface area contributed by atoms with Gasteiger partial charge >= 0.3 is 6.03 Å². The highest BCUT2D eigenvalue weighted by atomic mass is 32.2. The number of para-hydroxylation sites is 2. The van der Waals surface area contributed by atoms with Crippen LogP contribution in [0.5, 0.6) is 5.75 Å². The average molecular weight is 436 g/mol. The molecule has 0 spiro atoms. The van der Waals surface area contributed by atoms with Crippen LogP contribution in [-0.2, 0) is 4.79 Å². The Morgan fingerprint density at radius 2 is 1.48 bits per heavy atom. The Morgan fingerprint density at radius 3 is 2.06 bits per heavy atom. The number of rotatable bonds is 4. The summed E-state index contributed by atoms with van der Waals surface area (Å²) >= 11 is 1.57. The van der Waals surface area contributed by atoms with Gasteiger partial charge in [-0.25, -0.2) is 10.2 Å². The Bertz CT molecular complexity index is 1110. The Kier molecular flexibility index (Phi) is 5.72. The molecule has 0 fully saturated rings. The third kappa shape index (κ3) is 4.43. The summed E-state index contributed by atoms with van der Waals surface area (Å²) in [6.45, 7) is -0.374. The number of hydrazine groups is 1.